The maximum atomic E-state index is 14.0. The molecule has 0 amide bonds. The SMILES string of the molecule is CC(C)COP(=O)(OCO/N=C1/c2ccc(S(=O)(=O)N3CCC[C@@H](C)C3)cc2/C(=N\O)c2cc(S(=O)(=O)N3C[C@H](C)C[C@H](C)C3)ccc21)OCC(C)C. The molecule has 0 unspecified atom stereocenters. The molecule has 2 saturated heterocycles. The number of phosphoric ester groups is 1. The molecule has 0 saturated carbocycles. The van der Waals surface area contributed by atoms with Crippen LogP contribution < -0.4 is 0 Å². The minimum atomic E-state index is -4.02. The summed E-state index contributed by atoms with van der Waals surface area (Å²) in [6, 6.07) is 8.87. The van der Waals surface area contributed by atoms with Gasteiger partial charge >= 0.3 is 7.82 Å². The average Bonchev–Trinajstić information content (AvgIpc) is 3.10. The van der Waals surface area contributed by atoms with Crippen molar-refractivity contribution in [1.82, 2.24) is 8.61 Å². The monoisotopic (exact) mass is 796 g/mol. The van der Waals surface area contributed by atoms with Crippen molar-refractivity contribution in [3.05, 3.63) is 58.7 Å². The highest BCUT2D eigenvalue weighted by Crippen LogP contribution is 2.50. The fourth-order valence-corrected chi connectivity index (χ4v) is 11.6. The Kier molecular flexibility index (Phi) is 13.3. The van der Waals surface area contributed by atoms with E-state index in [4.69, 9.17) is 18.4 Å². The molecule has 5 rings (SSSR count). The Balaban J connectivity index is 1.55. The summed E-state index contributed by atoms with van der Waals surface area (Å²) in [5.41, 5.74) is 1.29. The molecule has 0 spiro atoms. The van der Waals surface area contributed by atoms with E-state index in [2.05, 4.69) is 10.3 Å². The van der Waals surface area contributed by atoms with Crippen molar-refractivity contribution in [3.63, 3.8) is 0 Å². The predicted octanol–water partition coefficient (Wildman–Crippen LogP) is 6.51. The van der Waals surface area contributed by atoms with Crippen LogP contribution in [0.4, 0.5) is 0 Å². The van der Waals surface area contributed by atoms with Gasteiger partial charge in [-0.3, -0.25) is 9.05 Å². The minimum absolute atomic E-state index is 0.0100. The normalized spacial score (nSPS) is 23.5. The lowest BCUT2D eigenvalue weighted by atomic mass is 9.83. The molecule has 2 fully saturated rings. The van der Waals surface area contributed by atoms with Crippen LogP contribution in [0, 0.1) is 29.6 Å². The highest BCUT2D eigenvalue weighted by atomic mass is 32.2. The molecule has 0 aromatic heterocycles. The van der Waals surface area contributed by atoms with Crippen molar-refractivity contribution in [1.29, 1.82) is 0 Å². The molecule has 2 aromatic rings. The molecule has 294 valence electrons. The molecule has 17 heteroatoms. The molecule has 1 aliphatic carbocycles. The van der Waals surface area contributed by atoms with Gasteiger partial charge < -0.3 is 10.0 Å². The summed E-state index contributed by atoms with van der Waals surface area (Å²) in [6.07, 6.45) is 2.59. The van der Waals surface area contributed by atoms with E-state index in [9.17, 15) is 26.6 Å². The first kappa shape index (κ1) is 41.5. The first-order valence-electron chi connectivity index (χ1n) is 18.2. The van der Waals surface area contributed by atoms with E-state index in [0.29, 0.717) is 37.3 Å². The quantitative estimate of drug-likeness (QED) is 0.0623. The Labute approximate surface area is 314 Å². The van der Waals surface area contributed by atoms with Gasteiger partial charge in [0.25, 0.3) is 0 Å². The minimum Gasteiger partial charge on any atom is -0.410 e. The number of hydrogen-bond donors (Lipinski definition) is 1. The molecule has 0 bridgehead atoms. The van der Waals surface area contributed by atoms with Gasteiger partial charge in [-0.05, 0) is 73.1 Å². The van der Waals surface area contributed by atoms with Crippen LogP contribution in [0.15, 0.2) is 56.5 Å². The third-order valence-electron chi connectivity index (χ3n) is 9.38. The summed E-state index contributed by atoms with van der Waals surface area (Å²) in [5.74, 6) is 0.655. The van der Waals surface area contributed by atoms with Crippen LogP contribution in [0.2, 0.25) is 0 Å². The molecule has 2 heterocycles. The zero-order valence-electron chi connectivity index (χ0n) is 31.6. The Morgan fingerprint density at radius 3 is 1.75 bits per heavy atom. The second-order valence-electron chi connectivity index (χ2n) is 15.4. The van der Waals surface area contributed by atoms with Gasteiger partial charge in [0, 0.05) is 48.4 Å². The van der Waals surface area contributed by atoms with Gasteiger partial charge in [0.2, 0.25) is 26.8 Å². The molecular weight excluding hydrogens is 744 g/mol. The van der Waals surface area contributed by atoms with Gasteiger partial charge in [0.05, 0.1) is 23.0 Å². The first-order valence-corrected chi connectivity index (χ1v) is 22.5. The summed E-state index contributed by atoms with van der Waals surface area (Å²) in [7, 11) is -11.9. The number of phosphoric acid groups is 1. The van der Waals surface area contributed by atoms with Gasteiger partial charge in [-0.15, -0.1) is 0 Å². The number of nitrogens with zero attached hydrogens (tertiary/aromatic N) is 4. The van der Waals surface area contributed by atoms with Crippen molar-refractivity contribution >= 4 is 39.3 Å². The van der Waals surface area contributed by atoms with Crippen molar-refractivity contribution in [2.75, 3.05) is 46.2 Å². The fourth-order valence-electron chi connectivity index (χ4n) is 6.91. The molecule has 2 aromatic carbocycles. The number of piperidine rings is 2. The van der Waals surface area contributed by atoms with Crippen LogP contribution >= 0.6 is 7.82 Å². The summed E-state index contributed by atoms with van der Waals surface area (Å²) in [5, 5.41) is 18.4. The van der Waals surface area contributed by atoms with E-state index < -0.39 is 34.7 Å². The van der Waals surface area contributed by atoms with E-state index in [1.165, 1.54) is 32.9 Å². The Bertz CT molecular complexity index is 1940. The van der Waals surface area contributed by atoms with Crippen LogP contribution in [-0.4, -0.2) is 88.3 Å². The number of benzene rings is 2. The number of hydrogen-bond acceptors (Lipinski definition) is 12. The first-order chi connectivity index (χ1) is 24.9. The van der Waals surface area contributed by atoms with Gasteiger partial charge in [0.1, 0.15) is 11.4 Å². The van der Waals surface area contributed by atoms with E-state index >= 15 is 0 Å². The molecule has 1 N–H and O–H groups in total. The smallest absolute Gasteiger partial charge is 0.410 e. The van der Waals surface area contributed by atoms with Crippen LogP contribution in [-0.2, 0) is 43.0 Å². The topological polar surface area (TPSA) is 174 Å². The Morgan fingerprint density at radius 2 is 1.26 bits per heavy atom. The highest BCUT2D eigenvalue weighted by Gasteiger charge is 2.36. The summed E-state index contributed by atoms with van der Waals surface area (Å²) in [6.45, 7) is 14.8. The molecule has 2 aliphatic heterocycles. The van der Waals surface area contributed by atoms with E-state index in [1.807, 2.05) is 48.5 Å². The average molecular weight is 797 g/mol. The van der Waals surface area contributed by atoms with Gasteiger partial charge in [0.15, 0.2) is 0 Å². The Hall–Kier alpha value is -2.69. The zero-order valence-corrected chi connectivity index (χ0v) is 34.1. The van der Waals surface area contributed by atoms with Gasteiger partial charge in [-0.2, -0.15) is 8.61 Å². The van der Waals surface area contributed by atoms with E-state index in [0.717, 1.165) is 19.3 Å². The van der Waals surface area contributed by atoms with E-state index in [1.54, 1.807) is 12.1 Å². The lowest BCUT2D eigenvalue weighted by Gasteiger charge is -2.34. The largest absolute Gasteiger partial charge is 0.477 e. The van der Waals surface area contributed by atoms with E-state index in [-0.39, 0.29) is 75.1 Å². The van der Waals surface area contributed by atoms with Crippen LogP contribution in [0.3, 0.4) is 0 Å². The van der Waals surface area contributed by atoms with Crippen molar-refractivity contribution in [2.45, 2.75) is 77.5 Å². The predicted molar refractivity (Wildman–Crippen MR) is 201 cm³/mol. The van der Waals surface area contributed by atoms with Gasteiger partial charge in [-0.25, -0.2) is 25.9 Å². The van der Waals surface area contributed by atoms with Crippen molar-refractivity contribution in [3.8, 4) is 0 Å². The lowest BCUT2D eigenvalue weighted by Crippen LogP contribution is -2.42. The third kappa shape index (κ3) is 9.58. The summed E-state index contributed by atoms with van der Waals surface area (Å²) >= 11 is 0. The molecule has 3 atom stereocenters. The fraction of sp³-hybridized carbons (Fsp3) is 0.611. The maximum Gasteiger partial charge on any atom is 0.477 e. The lowest BCUT2D eigenvalue weighted by molar-refractivity contribution is -0.0155. The van der Waals surface area contributed by atoms with Crippen LogP contribution in [0.5, 0.6) is 0 Å². The van der Waals surface area contributed by atoms with Crippen molar-refractivity contribution in [2.24, 2.45) is 39.9 Å². The summed E-state index contributed by atoms with van der Waals surface area (Å²) in [4.78, 5) is 5.54. The number of oxime groups is 2. The maximum absolute atomic E-state index is 14.0. The standard InChI is InChI=1S/C36H53N4O10PS2/c1-24(2)21-48-51(42,49-22-25(3)4)50-23-47-38-36-31-12-10-29(52(43,44)39-14-8-9-26(5)18-39)16-33(31)35(37-41)34-17-30(11-13-32(34)36)53(45,46)40-19-27(6)15-28(7)20-40/h10-13,16-17,24-28,41H,8-9,14-15,18-23H2,1-7H3/b37-35+,38-36-/t26-,27-,28+/m1/s1. The Morgan fingerprint density at radius 1 is 0.755 bits per heavy atom. The number of fused-ring (bicyclic) bond motifs is 2. The molecular formula is C36H53N4O10PS2. The molecule has 3 aliphatic rings. The van der Waals surface area contributed by atoms with Gasteiger partial charge in [-0.1, -0.05) is 70.9 Å². The highest BCUT2D eigenvalue weighted by molar-refractivity contribution is 7.89. The molecule has 14 nitrogen and oxygen atoms in total. The number of sulfonamides is 2. The second kappa shape index (κ2) is 17.0. The van der Waals surface area contributed by atoms with Crippen LogP contribution in [0.1, 0.15) is 90.0 Å². The molecule has 53 heavy (non-hydrogen) atoms. The zero-order chi connectivity index (χ0) is 38.7. The van der Waals surface area contributed by atoms with Crippen molar-refractivity contribution < 1.29 is 45.0 Å². The third-order valence-corrected chi connectivity index (χ3v) is 14.4. The molecule has 0 radical (unpaired) electrons. The number of rotatable bonds is 14. The van der Waals surface area contributed by atoms with Crippen LogP contribution in [0.25, 0.3) is 0 Å². The summed E-state index contributed by atoms with van der Waals surface area (Å²) < 4.78 is 88.5. The second-order valence-corrected chi connectivity index (χ2v) is 20.9.